The van der Waals surface area contributed by atoms with Crippen molar-refractivity contribution in [1.82, 2.24) is 9.97 Å². The molecule has 3 aromatic rings. The first-order chi connectivity index (χ1) is 9.79. The molecule has 1 N–H and O–H groups in total. The second-order valence-electron chi connectivity index (χ2n) is 4.45. The average molecular weight is 328 g/mol. The molecule has 2 aromatic carbocycles. The molecule has 0 fully saturated rings. The van der Waals surface area contributed by atoms with Gasteiger partial charge in [0.1, 0.15) is 5.82 Å². The van der Waals surface area contributed by atoms with Crippen LogP contribution in [-0.2, 0) is 0 Å². The molecule has 0 aliphatic carbocycles. The van der Waals surface area contributed by atoms with Gasteiger partial charge in [-0.2, -0.15) is 0 Å². The molecule has 0 radical (unpaired) electrons. The zero-order valence-corrected chi connectivity index (χ0v) is 12.7. The van der Waals surface area contributed by atoms with Crippen LogP contribution in [0.1, 0.15) is 6.92 Å². The van der Waals surface area contributed by atoms with E-state index < -0.39 is 0 Å². The van der Waals surface area contributed by atoms with Crippen LogP contribution in [0.4, 0.5) is 5.82 Å². The molecule has 4 heteroatoms. The number of aromatic nitrogens is 2. The molecule has 0 spiro atoms. The zero-order valence-electron chi connectivity index (χ0n) is 11.1. The van der Waals surface area contributed by atoms with Crippen LogP contribution in [0.2, 0.25) is 0 Å². The predicted octanol–water partition coefficient (Wildman–Crippen LogP) is 4.49. The Bertz CT molecular complexity index is 750. The molecule has 3 rings (SSSR count). The molecule has 0 bridgehead atoms. The number of anilines is 1. The summed E-state index contributed by atoms with van der Waals surface area (Å²) in [6.45, 7) is 2.87. The van der Waals surface area contributed by atoms with Crippen molar-refractivity contribution in [3.05, 3.63) is 53.1 Å². The third-order valence-electron chi connectivity index (χ3n) is 3.12. The van der Waals surface area contributed by atoms with Gasteiger partial charge in [0.2, 0.25) is 0 Å². The highest BCUT2D eigenvalue weighted by molar-refractivity contribution is 9.10. The second kappa shape index (κ2) is 5.59. The Kier molecular flexibility index (Phi) is 3.65. The van der Waals surface area contributed by atoms with E-state index in [1.165, 1.54) is 10.8 Å². The van der Waals surface area contributed by atoms with Crippen molar-refractivity contribution in [2.45, 2.75) is 6.92 Å². The summed E-state index contributed by atoms with van der Waals surface area (Å²) in [6.07, 6.45) is 1.79. The lowest BCUT2D eigenvalue weighted by Crippen LogP contribution is -2.02. The van der Waals surface area contributed by atoms with Crippen LogP contribution in [0.3, 0.4) is 0 Å². The number of rotatable bonds is 3. The van der Waals surface area contributed by atoms with Crippen molar-refractivity contribution >= 4 is 32.5 Å². The number of hydrogen-bond donors (Lipinski definition) is 1. The lowest BCUT2D eigenvalue weighted by Gasteiger charge is -2.09. The minimum atomic E-state index is 0.737. The zero-order chi connectivity index (χ0) is 13.9. The Hall–Kier alpha value is -1.94. The molecule has 1 aromatic heterocycles. The summed E-state index contributed by atoms with van der Waals surface area (Å²) in [5.41, 5.74) is 1.05. The second-order valence-corrected chi connectivity index (χ2v) is 5.30. The number of nitrogens with one attached hydrogen (secondary N) is 1. The van der Waals surface area contributed by atoms with E-state index in [4.69, 9.17) is 0 Å². The van der Waals surface area contributed by atoms with Crippen LogP contribution in [-0.4, -0.2) is 16.5 Å². The number of hydrogen-bond acceptors (Lipinski definition) is 3. The molecule has 1 heterocycles. The average Bonchev–Trinajstić information content (AvgIpc) is 2.49. The minimum Gasteiger partial charge on any atom is -0.369 e. The quantitative estimate of drug-likeness (QED) is 0.770. The van der Waals surface area contributed by atoms with E-state index >= 15 is 0 Å². The van der Waals surface area contributed by atoms with Crippen LogP contribution < -0.4 is 5.32 Å². The standard InChI is InChI=1S/C16H14BrN3/c1-2-18-16-14(17)10-19-15(20-16)13-9-5-7-11-6-3-4-8-12(11)13/h3-10H,2H2,1H3,(H,18,19,20). The van der Waals surface area contributed by atoms with Gasteiger partial charge in [-0.05, 0) is 33.6 Å². The molecule has 0 unspecified atom stereocenters. The third kappa shape index (κ3) is 2.39. The maximum absolute atomic E-state index is 4.61. The van der Waals surface area contributed by atoms with E-state index in [1.54, 1.807) is 6.20 Å². The van der Waals surface area contributed by atoms with Crippen molar-refractivity contribution in [3.63, 3.8) is 0 Å². The summed E-state index contributed by atoms with van der Waals surface area (Å²) in [7, 11) is 0. The molecule has 3 nitrogen and oxygen atoms in total. The maximum Gasteiger partial charge on any atom is 0.162 e. The first kappa shape index (κ1) is 13.1. The number of benzene rings is 2. The number of halogens is 1. The van der Waals surface area contributed by atoms with Gasteiger partial charge in [0, 0.05) is 18.3 Å². The summed E-state index contributed by atoms with van der Waals surface area (Å²) >= 11 is 3.47. The fraction of sp³-hybridized carbons (Fsp3) is 0.125. The van der Waals surface area contributed by atoms with Gasteiger partial charge in [0.25, 0.3) is 0 Å². The van der Waals surface area contributed by atoms with E-state index in [0.717, 1.165) is 28.2 Å². The molecule has 0 saturated carbocycles. The van der Waals surface area contributed by atoms with Gasteiger partial charge in [0.15, 0.2) is 5.82 Å². The Balaban J connectivity index is 2.18. The van der Waals surface area contributed by atoms with Crippen LogP contribution in [0.25, 0.3) is 22.2 Å². The van der Waals surface area contributed by atoms with Gasteiger partial charge in [-0.15, -0.1) is 0 Å². The minimum absolute atomic E-state index is 0.737. The summed E-state index contributed by atoms with van der Waals surface area (Å²) in [6, 6.07) is 14.5. The number of nitrogens with zero attached hydrogens (tertiary/aromatic N) is 2. The Labute approximate surface area is 126 Å². The molecule has 0 aliphatic rings. The van der Waals surface area contributed by atoms with E-state index in [9.17, 15) is 0 Å². The highest BCUT2D eigenvalue weighted by atomic mass is 79.9. The Morgan fingerprint density at radius 3 is 2.75 bits per heavy atom. The molecular weight excluding hydrogens is 314 g/mol. The van der Waals surface area contributed by atoms with Gasteiger partial charge in [-0.1, -0.05) is 42.5 Å². The SMILES string of the molecule is CCNc1nc(-c2cccc3ccccc23)ncc1Br. The summed E-state index contributed by atoms with van der Waals surface area (Å²) in [5.74, 6) is 1.56. The normalized spacial score (nSPS) is 10.7. The van der Waals surface area contributed by atoms with E-state index in [-0.39, 0.29) is 0 Å². The van der Waals surface area contributed by atoms with Gasteiger partial charge in [-0.25, -0.2) is 9.97 Å². The Morgan fingerprint density at radius 2 is 1.90 bits per heavy atom. The lowest BCUT2D eigenvalue weighted by molar-refractivity contribution is 1.11. The highest BCUT2D eigenvalue weighted by Gasteiger charge is 2.09. The first-order valence-corrected chi connectivity index (χ1v) is 7.33. The number of fused-ring (bicyclic) bond motifs is 1. The summed E-state index contributed by atoms with van der Waals surface area (Å²) < 4.78 is 0.878. The van der Waals surface area contributed by atoms with Crippen LogP contribution in [0.15, 0.2) is 53.1 Å². The van der Waals surface area contributed by atoms with E-state index in [1.807, 2.05) is 25.1 Å². The monoisotopic (exact) mass is 327 g/mol. The van der Waals surface area contributed by atoms with E-state index in [2.05, 4.69) is 55.5 Å². The van der Waals surface area contributed by atoms with Gasteiger partial charge in [-0.3, -0.25) is 0 Å². The summed E-state index contributed by atoms with van der Waals surface area (Å²) in [4.78, 5) is 9.06. The van der Waals surface area contributed by atoms with Crippen LogP contribution >= 0.6 is 15.9 Å². The van der Waals surface area contributed by atoms with Crippen LogP contribution in [0, 0.1) is 0 Å². The maximum atomic E-state index is 4.61. The highest BCUT2D eigenvalue weighted by Crippen LogP contribution is 2.28. The van der Waals surface area contributed by atoms with Crippen molar-refractivity contribution in [3.8, 4) is 11.4 Å². The third-order valence-corrected chi connectivity index (χ3v) is 3.70. The van der Waals surface area contributed by atoms with E-state index in [0.29, 0.717) is 0 Å². The van der Waals surface area contributed by atoms with Gasteiger partial charge < -0.3 is 5.32 Å². The van der Waals surface area contributed by atoms with Gasteiger partial charge in [0.05, 0.1) is 4.47 Å². The molecule has 20 heavy (non-hydrogen) atoms. The molecule has 0 saturated heterocycles. The van der Waals surface area contributed by atoms with Crippen molar-refractivity contribution in [1.29, 1.82) is 0 Å². The largest absolute Gasteiger partial charge is 0.369 e. The fourth-order valence-electron chi connectivity index (χ4n) is 2.21. The van der Waals surface area contributed by atoms with Crippen molar-refractivity contribution < 1.29 is 0 Å². The molecule has 100 valence electrons. The van der Waals surface area contributed by atoms with Gasteiger partial charge >= 0.3 is 0 Å². The molecule has 0 aliphatic heterocycles. The predicted molar refractivity (Wildman–Crippen MR) is 86.8 cm³/mol. The lowest BCUT2D eigenvalue weighted by atomic mass is 10.0. The molecular formula is C16H14BrN3. The van der Waals surface area contributed by atoms with Crippen LogP contribution in [0.5, 0.6) is 0 Å². The van der Waals surface area contributed by atoms with Crippen molar-refractivity contribution in [2.75, 3.05) is 11.9 Å². The summed E-state index contributed by atoms with van der Waals surface area (Å²) in [5, 5.41) is 5.60. The topological polar surface area (TPSA) is 37.8 Å². The van der Waals surface area contributed by atoms with Crippen molar-refractivity contribution in [2.24, 2.45) is 0 Å². The molecule has 0 atom stereocenters. The fourth-order valence-corrected chi connectivity index (χ4v) is 2.54. The first-order valence-electron chi connectivity index (χ1n) is 6.54. The smallest absolute Gasteiger partial charge is 0.162 e. The Morgan fingerprint density at radius 1 is 1.10 bits per heavy atom. The molecule has 0 amide bonds.